The van der Waals surface area contributed by atoms with Crippen molar-refractivity contribution in [2.24, 2.45) is 5.92 Å². The Kier molecular flexibility index (Phi) is 4.42. The van der Waals surface area contributed by atoms with E-state index in [9.17, 15) is 4.79 Å². The lowest BCUT2D eigenvalue weighted by Gasteiger charge is -2.20. The number of benzene rings is 1. The van der Waals surface area contributed by atoms with Crippen molar-refractivity contribution in [3.05, 3.63) is 47.5 Å². The van der Waals surface area contributed by atoms with Gasteiger partial charge in [-0.3, -0.25) is 4.79 Å². The lowest BCUT2D eigenvalue weighted by Crippen LogP contribution is -2.35. The highest BCUT2D eigenvalue weighted by atomic mass is 16.5. The zero-order valence-electron chi connectivity index (χ0n) is 12.8. The molecule has 1 amide bonds. The molecule has 0 radical (unpaired) electrons. The molecule has 0 saturated carbocycles. The number of H-pyrrole nitrogens is 1. The first-order valence-corrected chi connectivity index (χ1v) is 7.68. The standard InChI is InChI=1S/C17H21N3O2/c1-22-14-4-2-3-12(9-14)7-8-18-17(21)13-5-6-15-16(10-13)20-11-19-15/h2-4,9,11,13H,5-8,10H2,1H3,(H,18,21)(H,19,20). The molecule has 1 unspecified atom stereocenters. The third-order valence-electron chi connectivity index (χ3n) is 4.21. The summed E-state index contributed by atoms with van der Waals surface area (Å²) in [6.45, 7) is 0.651. The van der Waals surface area contributed by atoms with Crippen LogP contribution in [0.3, 0.4) is 0 Å². The van der Waals surface area contributed by atoms with E-state index in [4.69, 9.17) is 4.74 Å². The van der Waals surface area contributed by atoms with Gasteiger partial charge in [0.15, 0.2) is 0 Å². The number of nitrogens with one attached hydrogen (secondary N) is 2. The molecule has 0 aliphatic heterocycles. The van der Waals surface area contributed by atoms with E-state index in [-0.39, 0.29) is 11.8 Å². The summed E-state index contributed by atoms with van der Waals surface area (Å²) in [5.41, 5.74) is 3.39. The van der Waals surface area contributed by atoms with Crippen LogP contribution in [0.25, 0.3) is 0 Å². The predicted molar refractivity (Wildman–Crippen MR) is 83.8 cm³/mol. The molecule has 0 saturated heterocycles. The van der Waals surface area contributed by atoms with Gasteiger partial charge in [-0.2, -0.15) is 0 Å². The van der Waals surface area contributed by atoms with Gasteiger partial charge in [0.2, 0.25) is 5.91 Å². The molecule has 5 heteroatoms. The number of aromatic nitrogens is 2. The van der Waals surface area contributed by atoms with Crippen molar-refractivity contribution in [3.63, 3.8) is 0 Å². The summed E-state index contributed by atoms with van der Waals surface area (Å²) in [4.78, 5) is 19.7. The third-order valence-corrected chi connectivity index (χ3v) is 4.21. The molecule has 1 atom stereocenters. The maximum absolute atomic E-state index is 12.3. The summed E-state index contributed by atoms with van der Waals surface area (Å²) in [5.74, 6) is 1.05. The van der Waals surface area contributed by atoms with Gasteiger partial charge in [-0.05, 0) is 37.0 Å². The Labute approximate surface area is 130 Å². The molecular formula is C17H21N3O2. The highest BCUT2D eigenvalue weighted by Gasteiger charge is 2.25. The van der Waals surface area contributed by atoms with Gasteiger partial charge in [0.25, 0.3) is 0 Å². The molecule has 22 heavy (non-hydrogen) atoms. The third kappa shape index (κ3) is 3.30. The van der Waals surface area contributed by atoms with Crippen LogP contribution in [0.1, 0.15) is 23.4 Å². The van der Waals surface area contributed by atoms with Crippen molar-refractivity contribution in [1.29, 1.82) is 0 Å². The Balaban J connectivity index is 1.48. The Hall–Kier alpha value is -2.30. The monoisotopic (exact) mass is 299 g/mol. The molecule has 1 aromatic heterocycles. The number of rotatable bonds is 5. The Bertz CT molecular complexity index is 651. The number of hydrogen-bond donors (Lipinski definition) is 2. The SMILES string of the molecule is COc1cccc(CCNC(=O)C2CCc3nc[nH]c3C2)c1. The second-order valence-electron chi connectivity index (χ2n) is 5.66. The van der Waals surface area contributed by atoms with Gasteiger partial charge in [0.1, 0.15) is 5.75 Å². The van der Waals surface area contributed by atoms with Crippen molar-refractivity contribution in [2.75, 3.05) is 13.7 Å². The van der Waals surface area contributed by atoms with Crippen LogP contribution >= 0.6 is 0 Å². The van der Waals surface area contributed by atoms with E-state index < -0.39 is 0 Å². The predicted octanol–water partition coefficient (Wildman–Crippen LogP) is 1.88. The van der Waals surface area contributed by atoms with Crippen molar-refractivity contribution in [3.8, 4) is 5.75 Å². The Morgan fingerprint density at radius 1 is 1.50 bits per heavy atom. The summed E-state index contributed by atoms with van der Waals surface area (Å²) < 4.78 is 5.21. The van der Waals surface area contributed by atoms with E-state index in [0.29, 0.717) is 6.54 Å². The van der Waals surface area contributed by atoms with Gasteiger partial charge in [-0.1, -0.05) is 12.1 Å². The number of imidazole rings is 1. The van der Waals surface area contributed by atoms with E-state index in [2.05, 4.69) is 15.3 Å². The molecule has 2 aromatic rings. The minimum atomic E-state index is 0.0539. The van der Waals surface area contributed by atoms with Crippen LogP contribution in [-0.2, 0) is 24.1 Å². The number of aromatic amines is 1. The zero-order chi connectivity index (χ0) is 15.4. The first-order valence-electron chi connectivity index (χ1n) is 7.68. The van der Waals surface area contributed by atoms with Crippen LogP contribution in [0, 0.1) is 5.92 Å². The molecule has 3 rings (SSSR count). The summed E-state index contributed by atoms with van der Waals surface area (Å²) in [5, 5.41) is 3.05. The quantitative estimate of drug-likeness (QED) is 0.886. The second-order valence-corrected chi connectivity index (χ2v) is 5.66. The first-order chi connectivity index (χ1) is 10.8. The molecule has 1 aliphatic rings. The average molecular weight is 299 g/mol. The smallest absolute Gasteiger partial charge is 0.223 e. The normalized spacial score (nSPS) is 16.9. The van der Waals surface area contributed by atoms with Gasteiger partial charge in [-0.25, -0.2) is 4.98 Å². The summed E-state index contributed by atoms with van der Waals surface area (Å²) >= 11 is 0. The molecular weight excluding hydrogens is 278 g/mol. The summed E-state index contributed by atoms with van der Waals surface area (Å²) in [7, 11) is 1.66. The lowest BCUT2D eigenvalue weighted by molar-refractivity contribution is -0.125. The highest BCUT2D eigenvalue weighted by Crippen LogP contribution is 2.22. The van der Waals surface area contributed by atoms with E-state index >= 15 is 0 Å². The molecule has 1 aliphatic carbocycles. The van der Waals surface area contributed by atoms with Gasteiger partial charge in [-0.15, -0.1) is 0 Å². The summed E-state index contributed by atoms with van der Waals surface area (Å²) in [6, 6.07) is 7.94. The van der Waals surface area contributed by atoms with E-state index in [1.807, 2.05) is 24.3 Å². The molecule has 0 spiro atoms. The van der Waals surface area contributed by atoms with E-state index in [1.165, 1.54) is 5.56 Å². The number of carbonyl (C=O) groups excluding carboxylic acids is 1. The summed E-state index contributed by atoms with van der Waals surface area (Å²) in [6.07, 6.45) is 5.05. The number of amides is 1. The van der Waals surface area contributed by atoms with E-state index in [0.717, 1.165) is 42.8 Å². The molecule has 0 fully saturated rings. The van der Waals surface area contributed by atoms with Gasteiger partial charge < -0.3 is 15.0 Å². The van der Waals surface area contributed by atoms with Crippen molar-refractivity contribution >= 4 is 5.91 Å². The van der Waals surface area contributed by atoms with E-state index in [1.54, 1.807) is 13.4 Å². The largest absolute Gasteiger partial charge is 0.497 e. The van der Waals surface area contributed by atoms with Gasteiger partial charge in [0, 0.05) is 24.6 Å². The maximum Gasteiger partial charge on any atom is 0.223 e. The van der Waals surface area contributed by atoms with Crippen molar-refractivity contribution in [2.45, 2.75) is 25.7 Å². The average Bonchev–Trinajstić information content (AvgIpc) is 3.02. The Morgan fingerprint density at radius 2 is 2.41 bits per heavy atom. The number of methoxy groups -OCH3 is 1. The lowest BCUT2D eigenvalue weighted by atomic mass is 9.89. The highest BCUT2D eigenvalue weighted by molar-refractivity contribution is 5.79. The molecule has 2 N–H and O–H groups in total. The van der Waals surface area contributed by atoms with Gasteiger partial charge >= 0.3 is 0 Å². The van der Waals surface area contributed by atoms with Crippen LogP contribution < -0.4 is 10.1 Å². The molecule has 1 aromatic carbocycles. The van der Waals surface area contributed by atoms with Crippen molar-refractivity contribution < 1.29 is 9.53 Å². The molecule has 1 heterocycles. The fourth-order valence-electron chi connectivity index (χ4n) is 2.93. The molecule has 116 valence electrons. The van der Waals surface area contributed by atoms with Crippen LogP contribution in [0.15, 0.2) is 30.6 Å². The number of carbonyl (C=O) groups is 1. The number of aryl methyl sites for hydroxylation is 1. The zero-order valence-corrected chi connectivity index (χ0v) is 12.8. The fourth-order valence-corrected chi connectivity index (χ4v) is 2.93. The maximum atomic E-state index is 12.3. The minimum Gasteiger partial charge on any atom is -0.497 e. The number of fused-ring (bicyclic) bond motifs is 1. The second kappa shape index (κ2) is 6.64. The van der Waals surface area contributed by atoms with Crippen LogP contribution in [0.2, 0.25) is 0 Å². The van der Waals surface area contributed by atoms with Crippen molar-refractivity contribution in [1.82, 2.24) is 15.3 Å². The number of nitrogens with zero attached hydrogens (tertiary/aromatic N) is 1. The van der Waals surface area contributed by atoms with Gasteiger partial charge in [0.05, 0.1) is 19.1 Å². The minimum absolute atomic E-state index is 0.0539. The first kappa shape index (κ1) is 14.6. The van der Waals surface area contributed by atoms with Crippen LogP contribution in [0.5, 0.6) is 5.75 Å². The van der Waals surface area contributed by atoms with Crippen LogP contribution in [-0.4, -0.2) is 29.5 Å². The molecule has 5 nitrogen and oxygen atoms in total. The van der Waals surface area contributed by atoms with Crippen LogP contribution in [0.4, 0.5) is 0 Å². The Morgan fingerprint density at radius 3 is 3.27 bits per heavy atom. The molecule has 0 bridgehead atoms. The fraction of sp³-hybridized carbons (Fsp3) is 0.412. The number of hydrogen-bond acceptors (Lipinski definition) is 3. The topological polar surface area (TPSA) is 67.0 Å². The number of ether oxygens (including phenoxy) is 1.